The Morgan fingerprint density at radius 1 is 1.22 bits per heavy atom. The van der Waals surface area contributed by atoms with Crippen LogP contribution in [0.2, 0.25) is 10.0 Å². The normalized spacial score (nSPS) is 12.7. The topological polar surface area (TPSA) is 42.2 Å². The van der Waals surface area contributed by atoms with Gasteiger partial charge in [-0.3, -0.25) is 4.90 Å². The summed E-state index contributed by atoms with van der Waals surface area (Å²) in [6, 6.07) is 9.52. The molecule has 0 amide bonds. The lowest BCUT2D eigenvalue weighted by molar-refractivity contribution is 0.218. The van der Waals surface area contributed by atoms with Crippen molar-refractivity contribution < 1.29 is 4.42 Å². The van der Waals surface area contributed by atoms with E-state index in [-0.39, 0.29) is 6.04 Å². The summed E-state index contributed by atoms with van der Waals surface area (Å²) in [5.74, 6) is 1.13. The lowest BCUT2D eigenvalue weighted by Gasteiger charge is -2.22. The van der Waals surface area contributed by atoms with Crippen molar-refractivity contribution in [3.63, 3.8) is 0 Å². The summed E-state index contributed by atoms with van der Waals surface area (Å²) in [5.41, 5.74) is 0.964. The summed E-state index contributed by atoms with van der Waals surface area (Å²) >= 11 is 13.9. The summed E-state index contributed by atoms with van der Waals surface area (Å²) in [5, 5.41) is 11.4. The Labute approximate surface area is 148 Å². The molecule has 120 valence electrons. The van der Waals surface area contributed by atoms with Crippen LogP contribution in [0, 0.1) is 0 Å². The average molecular weight is 368 g/mol. The van der Waals surface area contributed by atoms with Gasteiger partial charge in [-0.1, -0.05) is 41.4 Å². The van der Waals surface area contributed by atoms with E-state index in [4.69, 9.17) is 27.6 Å². The van der Waals surface area contributed by atoms with Gasteiger partial charge < -0.3 is 4.42 Å². The molecule has 2 aromatic heterocycles. The maximum Gasteiger partial charge on any atom is 0.257 e. The second kappa shape index (κ2) is 7.01. The minimum absolute atomic E-state index is 0.0359. The summed E-state index contributed by atoms with van der Waals surface area (Å²) in [7, 11) is 1.98. The molecule has 0 saturated heterocycles. The van der Waals surface area contributed by atoms with Crippen molar-refractivity contribution in [2.45, 2.75) is 19.5 Å². The molecule has 0 spiro atoms. The van der Waals surface area contributed by atoms with E-state index in [2.05, 4.69) is 15.1 Å². The number of rotatable bonds is 5. The van der Waals surface area contributed by atoms with Crippen LogP contribution in [0.4, 0.5) is 0 Å². The van der Waals surface area contributed by atoms with Crippen molar-refractivity contribution in [3.05, 3.63) is 57.2 Å². The Hall–Kier alpha value is -1.40. The Morgan fingerprint density at radius 2 is 2.04 bits per heavy atom. The van der Waals surface area contributed by atoms with Gasteiger partial charge in [0.15, 0.2) is 0 Å². The first-order chi connectivity index (χ1) is 11.1. The van der Waals surface area contributed by atoms with E-state index >= 15 is 0 Å². The first-order valence-corrected chi connectivity index (χ1v) is 8.70. The number of hydrogen-bond donors (Lipinski definition) is 0. The molecule has 0 saturated carbocycles. The number of aromatic nitrogens is 2. The molecule has 3 rings (SSSR count). The van der Waals surface area contributed by atoms with Gasteiger partial charge in [-0.15, -0.1) is 21.5 Å². The van der Waals surface area contributed by atoms with Crippen LogP contribution in [0.5, 0.6) is 0 Å². The molecular formula is C16H15Cl2N3OS. The molecule has 0 bridgehead atoms. The zero-order valence-corrected chi connectivity index (χ0v) is 15.0. The third-order valence-corrected chi connectivity index (χ3v) is 5.36. The molecule has 0 aliphatic rings. The number of thiophene rings is 1. The summed E-state index contributed by atoms with van der Waals surface area (Å²) in [6.45, 7) is 2.65. The highest BCUT2D eigenvalue weighted by Gasteiger charge is 2.20. The van der Waals surface area contributed by atoms with Crippen LogP contribution in [0.15, 0.2) is 40.1 Å². The SMILES string of the molecule is CC(c1nnc(-c2cccs2)o1)N(C)Cc1cccc(Cl)c1Cl. The van der Waals surface area contributed by atoms with Crippen LogP contribution in [-0.4, -0.2) is 22.1 Å². The van der Waals surface area contributed by atoms with Gasteiger partial charge in [0.1, 0.15) is 0 Å². The number of halogens is 2. The molecule has 4 nitrogen and oxygen atoms in total. The monoisotopic (exact) mass is 367 g/mol. The minimum Gasteiger partial charge on any atom is -0.418 e. The van der Waals surface area contributed by atoms with Gasteiger partial charge in [-0.2, -0.15) is 0 Å². The van der Waals surface area contributed by atoms with Crippen molar-refractivity contribution in [1.29, 1.82) is 0 Å². The van der Waals surface area contributed by atoms with Crippen molar-refractivity contribution >= 4 is 34.5 Å². The smallest absolute Gasteiger partial charge is 0.257 e. The Morgan fingerprint density at radius 3 is 2.78 bits per heavy atom. The van der Waals surface area contributed by atoms with E-state index in [9.17, 15) is 0 Å². The van der Waals surface area contributed by atoms with E-state index in [0.29, 0.717) is 28.4 Å². The molecule has 0 aliphatic heterocycles. The Kier molecular flexibility index (Phi) is 5.02. The van der Waals surface area contributed by atoms with Crippen LogP contribution in [0.25, 0.3) is 10.8 Å². The van der Waals surface area contributed by atoms with Crippen molar-refractivity contribution in [2.75, 3.05) is 7.05 Å². The zero-order chi connectivity index (χ0) is 16.4. The lowest BCUT2D eigenvalue weighted by Crippen LogP contribution is -2.22. The molecule has 0 radical (unpaired) electrons. The van der Waals surface area contributed by atoms with Gasteiger partial charge in [0.25, 0.3) is 5.89 Å². The minimum atomic E-state index is -0.0359. The average Bonchev–Trinajstić information content (AvgIpc) is 3.21. The largest absolute Gasteiger partial charge is 0.418 e. The van der Waals surface area contributed by atoms with Gasteiger partial charge in [0, 0.05) is 6.54 Å². The maximum atomic E-state index is 6.25. The van der Waals surface area contributed by atoms with Crippen LogP contribution < -0.4 is 0 Å². The third-order valence-electron chi connectivity index (χ3n) is 3.64. The van der Waals surface area contributed by atoms with E-state index in [1.54, 1.807) is 17.4 Å². The van der Waals surface area contributed by atoms with E-state index in [1.165, 1.54) is 0 Å². The first kappa shape index (κ1) is 16.5. The predicted octanol–water partition coefficient (Wildman–Crippen LogP) is 5.30. The van der Waals surface area contributed by atoms with E-state index < -0.39 is 0 Å². The summed E-state index contributed by atoms with van der Waals surface area (Å²) < 4.78 is 5.79. The van der Waals surface area contributed by atoms with Crippen LogP contribution in [-0.2, 0) is 6.54 Å². The molecule has 1 aromatic carbocycles. The fourth-order valence-corrected chi connectivity index (χ4v) is 3.19. The van der Waals surface area contributed by atoms with Gasteiger partial charge in [-0.05, 0) is 37.0 Å². The molecule has 23 heavy (non-hydrogen) atoms. The molecule has 0 N–H and O–H groups in total. The fourth-order valence-electron chi connectivity index (χ4n) is 2.17. The van der Waals surface area contributed by atoms with Crippen LogP contribution in [0.3, 0.4) is 0 Å². The molecule has 0 aliphatic carbocycles. The highest BCUT2D eigenvalue weighted by atomic mass is 35.5. The van der Waals surface area contributed by atoms with Crippen LogP contribution in [0.1, 0.15) is 24.4 Å². The zero-order valence-electron chi connectivity index (χ0n) is 12.7. The molecule has 1 unspecified atom stereocenters. The molecule has 2 heterocycles. The fraction of sp³-hybridized carbons (Fsp3) is 0.250. The van der Waals surface area contributed by atoms with Gasteiger partial charge in [0.2, 0.25) is 5.89 Å². The molecule has 0 fully saturated rings. The predicted molar refractivity (Wildman–Crippen MR) is 94.0 cm³/mol. The molecule has 3 aromatic rings. The second-order valence-electron chi connectivity index (χ2n) is 5.23. The second-order valence-corrected chi connectivity index (χ2v) is 6.96. The van der Waals surface area contributed by atoms with Crippen molar-refractivity contribution in [2.24, 2.45) is 0 Å². The summed E-state index contributed by atoms with van der Waals surface area (Å²) in [4.78, 5) is 3.06. The standard InChI is InChI=1S/C16H15Cl2N3OS/c1-10(15-19-20-16(22-15)13-7-4-8-23-13)21(2)9-11-5-3-6-12(17)14(11)18/h3-8,10H,9H2,1-2H3. The highest BCUT2D eigenvalue weighted by Crippen LogP contribution is 2.30. The number of nitrogens with zero attached hydrogens (tertiary/aromatic N) is 3. The quantitative estimate of drug-likeness (QED) is 0.613. The van der Waals surface area contributed by atoms with Gasteiger partial charge in [-0.25, -0.2) is 0 Å². The van der Waals surface area contributed by atoms with Gasteiger partial charge >= 0.3 is 0 Å². The van der Waals surface area contributed by atoms with E-state index in [1.807, 2.05) is 43.6 Å². The summed E-state index contributed by atoms with van der Waals surface area (Å²) in [6.07, 6.45) is 0. The maximum absolute atomic E-state index is 6.25. The number of hydrogen-bond acceptors (Lipinski definition) is 5. The molecular weight excluding hydrogens is 353 g/mol. The van der Waals surface area contributed by atoms with Crippen LogP contribution >= 0.6 is 34.5 Å². The molecule has 1 atom stereocenters. The van der Waals surface area contributed by atoms with Crippen molar-refractivity contribution in [1.82, 2.24) is 15.1 Å². The van der Waals surface area contributed by atoms with Gasteiger partial charge in [0.05, 0.1) is 21.0 Å². The first-order valence-electron chi connectivity index (χ1n) is 7.06. The Balaban J connectivity index is 1.75. The molecule has 7 heteroatoms. The third kappa shape index (κ3) is 3.58. The number of benzene rings is 1. The van der Waals surface area contributed by atoms with Crippen molar-refractivity contribution in [3.8, 4) is 10.8 Å². The lowest BCUT2D eigenvalue weighted by atomic mass is 10.2. The Bertz CT molecular complexity index is 788. The highest BCUT2D eigenvalue weighted by molar-refractivity contribution is 7.13. The van der Waals surface area contributed by atoms with E-state index in [0.717, 1.165) is 10.4 Å².